The fourth-order valence-corrected chi connectivity index (χ4v) is 4.68. The molecular formula is C12H16N2S3. The zero-order chi connectivity index (χ0) is 11.7. The molecule has 0 N–H and O–H groups in total. The molecule has 2 aliphatic rings. The SMILES string of the molecule is S=C1SCCN1CN1CCCC1c1cccs1. The van der Waals surface area contributed by atoms with Gasteiger partial charge in [0.15, 0.2) is 0 Å². The highest BCUT2D eigenvalue weighted by molar-refractivity contribution is 8.23. The lowest BCUT2D eigenvalue weighted by atomic mass is 10.2. The number of thiocarbonyl (C=S) groups is 1. The Balaban J connectivity index is 1.68. The summed E-state index contributed by atoms with van der Waals surface area (Å²) in [7, 11) is 0. The molecule has 0 radical (unpaired) electrons. The monoisotopic (exact) mass is 284 g/mol. The first-order chi connectivity index (χ1) is 8.34. The first-order valence-electron chi connectivity index (χ1n) is 6.04. The zero-order valence-electron chi connectivity index (χ0n) is 9.67. The Kier molecular flexibility index (Phi) is 3.70. The van der Waals surface area contributed by atoms with Crippen LogP contribution in [0.3, 0.4) is 0 Å². The molecule has 17 heavy (non-hydrogen) atoms. The third-order valence-electron chi connectivity index (χ3n) is 3.43. The third-order valence-corrected chi connectivity index (χ3v) is 5.91. The molecule has 0 saturated carbocycles. The average molecular weight is 284 g/mol. The van der Waals surface area contributed by atoms with Gasteiger partial charge in [0.05, 0.1) is 6.67 Å². The second kappa shape index (κ2) is 5.26. The summed E-state index contributed by atoms with van der Waals surface area (Å²) < 4.78 is 1.09. The number of rotatable bonds is 3. The fraction of sp³-hybridized carbons (Fsp3) is 0.583. The van der Waals surface area contributed by atoms with Crippen LogP contribution in [0.1, 0.15) is 23.8 Å². The molecule has 92 valence electrons. The molecule has 2 saturated heterocycles. The normalized spacial score (nSPS) is 26.0. The summed E-state index contributed by atoms with van der Waals surface area (Å²) in [5, 5.41) is 2.18. The highest BCUT2D eigenvalue weighted by Crippen LogP contribution is 2.35. The number of hydrogen-bond acceptors (Lipinski definition) is 4. The van der Waals surface area contributed by atoms with Gasteiger partial charge >= 0.3 is 0 Å². The van der Waals surface area contributed by atoms with E-state index in [9.17, 15) is 0 Å². The predicted octanol–water partition coefficient (Wildman–Crippen LogP) is 3.18. The number of nitrogens with zero attached hydrogens (tertiary/aromatic N) is 2. The van der Waals surface area contributed by atoms with E-state index < -0.39 is 0 Å². The summed E-state index contributed by atoms with van der Waals surface area (Å²) in [5.74, 6) is 1.16. The molecular weight excluding hydrogens is 268 g/mol. The second-order valence-electron chi connectivity index (χ2n) is 4.51. The van der Waals surface area contributed by atoms with Crippen LogP contribution in [0, 0.1) is 0 Å². The molecule has 3 rings (SSSR count). The van der Waals surface area contributed by atoms with Crippen molar-refractivity contribution in [3.63, 3.8) is 0 Å². The van der Waals surface area contributed by atoms with Gasteiger partial charge in [-0.3, -0.25) is 4.90 Å². The summed E-state index contributed by atoms with van der Waals surface area (Å²) in [6, 6.07) is 5.06. The van der Waals surface area contributed by atoms with Gasteiger partial charge in [0, 0.05) is 29.8 Å². The van der Waals surface area contributed by atoms with E-state index in [1.807, 2.05) is 23.1 Å². The average Bonchev–Trinajstić information content (AvgIpc) is 3.02. The topological polar surface area (TPSA) is 6.48 Å². The van der Waals surface area contributed by atoms with Crippen molar-refractivity contribution >= 4 is 39.6 Å². The Bertz CT molecular complexity index is 390. The number of hydrogen-bond donors (Lipinski definition) is 0. The lowest BCUT2D eigenvalue weighted by molar-refractivity contribution is 0.185. The molecule has 0 bridgehead atoms. The molecule has 3 heterocycles. The molecule has 2 aliphatic heterocycles. The molecule has 0 spiro atoms. The maximum absolute atomic E-state index is 5.38. The Morgan fingerprint density at radius 3 is 3.06 bits per heavy atom. The maximum atomic E-state index is 5.38. The smallest absolute Gasteiger partial charge is 0.137 e. The highest BCUT2D eigenvalue weighted by Gasteiger charge is 2.29. The minimum absolute atomic E-state index is 0.628. The molecule has 0 aliphatic carbocycles. The van der Waals surface area contributed by atoms with Crippen molar-refractivity contribution in [2.75, 3.05) is 25.5 Å². The molecule has 2 fully saturated rings. The van der Waals surface area contributed by atoms with E-state index >= 15 is 0 Å². The van der Waals surface area contributed by atoms with E-state index in [1.165, 1.54) is 24.3 Å². The van der Waals surface area contributed by atoms with Gasteiger partial charge in [0.25, 0.3) is 0 Å². The van der Waals surface area contributed by atoms with Crippen molar-refractivity contribution in [1.82, 2.24) is 9.80 Å². The van der Waals surface area contributed by atoms with Gasteiger partial charge in [-0.2, -0.15) is 0 Å². The molecule has 5 heteroatoms. The summed E-state index contributed by atoms with van der Waals surface area (Å²) in [4.78, 5) is 6.45. The lowest BCUT2D eigenvalue weighted by Crippen LogP contribution is -2.37. The summed E-state index contributed by atoms with van der Waals surface area (Å²) in [6.45, 7) is 3.36. The minimum atomic E-state index is 0.628. The number of thioether (sulfide) groups is 1. The van der Waals surface area contributed by atoms with Gasteiger partial charge in [0.1, 0.15) is 4.32 Å². The molecule has 1 aromatic rings. The van der Waals surface area contributed by atoms with Crippen LogP contribution >= 0.6 is 35.3 Å². The molecule has 2 nitrogen and oxygen atoms in total. The molecule has 1 atom stereocenters. The van der Waals surface area contributed by atoms with E-state index in [0.717, 1.165) is 23.3 Å². The number of likely N-dealkylation sites (tertiary alicyclic amines) is 1. The van der Waals surface area contributed by atoms with Crippen LogP contribution in [0.5, 0.6) is 0 Å². The van der Waals surface area contributed by atoms with Gasteiger partial charge < -0.3 is 4.90 Å². The Hall–Kier alpha value is -0.100. The first kappa shape index (κ1) is 12.0. The summed E-state index contributed by atoms with van der Waals surface area (Å²) >= 11 is 9.08. The molecule has 1 unspecified atom stereocenters. The molecule has 0 aromatic carbocycles. The van der Waals surface area contributed by atoms with E-state index in [2.05, 4.69) is 27.3 Å². The Morgan fingerprint density at radius 1 is 1.41 bits per heavy atom. The minimum Gasteiger partial charge on any atom is -0.344 e. The van der Waals surface area contributed by atoms with Gasteiger partial charge in [-0.15, -0.1) is 11.3 Å². The fourth-order valence-electron chi connectivity index (χ4n) is 2.57. The van der Waals surface area contributed by atoms with E-state index in [-0.39, 0.29) is 0 Å². The largest absolute Gasteiger partial charge is 0.344 e. The summed E-state index contributed by atoms with van der Waals surface area (Å²) in [5.41, 5.74) is 0. The van der Waals surface area contributed by atoms with Gasteiger partial charge in [0.2, 0.25) is 0 Å². The van der Waals surface area contributed by atoms with Crippen LogP contribution in [-0.4, -0.2) is 39.6 Å². The van der Waals surface area contributed by atoms with Crippen molar-refractivity contribution in [2.45, 2.75) is 18.9 Å². The summed E-state index contributed by atoms with van der Waals surface area (Å²) in [6.07, 6.45) is 2.62. The zero-order valence-corrected chi connectivity index (χ0v) is 12.1. The van der Waals surface area contributed by atoms with E-state index in [0.29, 0.717) is 6.04 Å². The third kappa shape index (κ3) is 2.52. The predicted molar refractivity (Wildman–Crippen MR) is 79.6 cm³/mol. The standard InChI is InChI=1S/C12H16N2S3/c15-12-14(6-8-17-12)9-13-5-1-3-10(13)11-4-2-7-16-11/h2,4,7,10H,1,3,5-6,8-9H2. The van der Waals surface area contributed by atoms with Crippen LogP contribution in [0.2, 0.25) is 0 Å². The molecule has 0 amide bonds. The van der Waals surface area contributed by atoms with Crippen LogP contribution < -0.4 is 0 Å². The van der Waals surface area contributed by atoms with Gasteiger partial charge in [-0.1, -0.05) is 30.0 Å². The first-order valence-corrected chi connectivity index (χ1v) is 8.31. The highest BCUT2D eigenvalue weighted by atomic mass is 32.2. The van der Waals surface area contributed by atoms with Crippen LogP contribution in [0.25, 0.3) is 0 Å². The van der Waals surface area contributed by atoms with Crippen LogP contribution in [0.15, 0.2) is 17.5 Å². The van der Waals surface area contributed by atoms with Crippen molar-refractivity contribution in [3.8, 4) is 0 Å². The number of thiophene rings is 1. The van der Waals surface area contributed by atoms with Crippen molar-refractivity contribution in [3.05, 3.63) is 22.4 Å². The van der Waals surface area contributed by atoms with Gasteiger partial charge in [-0.25, -0.2) is 0 Å². The van der Waals surface area contributed by atoms with Crippen LogP contribution in [-0.2, 0) is 0 Å². The van der Waals surface area contributed by atoms with Crippen molar-refractivity contribution in [1.29, 1.82) is 0 Å². The van der Waals surface area contributed by atoms with E-state index in [1.54, 1.807) is 0 Å². The second-order valence-corrected chi connectivity index (χ2v) is 7.21. The lowest BCUT2D eigenvalue weighted by Gasteiger charge is -2.29. The molecule has 1 aromatic heterocycles. The van der Waals surface area contributed by atoms with Crippen molar-refractivity contribution < 1.29 is 0 Å². The quantitative estimate of drug-likeness (QED) is 0.786. The van der Waals surface area contributed by atoms with E-state index in [4.69, 9.17) is 12.2 Å². The van der Waals surface area contributed by atoms with Gasteiger partial charge in [-0.05, 0) is 24.3 Å². The maximum Gasteiger partial charge on any atom is 0.137 e. The van der Waals surface area contributed by atoms with Crippen molar-refractivity contribution in [2.24, 2.45) is 0 Å². The Labute approximate surface area is 116 Å². The Morgan fingerprint density at radius 2 is 2.35 bits per heavy atom. The van der Waals surface area contributed by atoms with Crippen LogP contribution in [0.4, 0.5) is 0 Å².